The van der Waals surface area contributed by atoms with Gasteiger partial charge in [0.05, 0.1) is 16.5 Å². The first-order chi connectivity index (χ1) is 13.1. The number of hydrogen-bond acceptors (Lipinski definition) is 5. The number of para-hydroxylation sites is 2. The maximum atomic E-state index is 12.3. The predicted molar refractivity (Wildman–Crippen MR) is 103 cm³/mol. The van der Waals surface area contributed by atoms with Gasteiger partial charge in [-0.2, -0.15) is 0 Å². The van der Waals surface area contributed by atoms with Gasteiger partial charge in [-0.15, -0.1) is 0 Å². The highest BCUT2D eigenvalue weighted by atomic mass is 35.5. The minimum atomic E-state index is -0.277. The molecule has 0 spiro atoms. The molecule has 0 radical (unpaired) electrons. The van der Waals surface area contributed by atoms with E-state index in [1.165, 1.54) is 0 Å². The second kappa shape index (κ2) is 7.58. The Balaban J connectivity index is 1.31. The van der Waals surface area contributed by atoms with E-state index < -0.39 is 0 Å². The fourth-order valence-electron chi connectivity index (χ4n) is 2.81. The van der Waals surface area contributed by atoms with Crippen LogP contribution in [0.25, 0.3) is 11.1 Å². The summed E-state index contributed by atoms with van der Waals surface area (Å²) in [6.45, 7) is 0.324. The van der Waals surface area contributed by atoms with Crippen molar-refractivity contribution in [3.8, 4) is 0 Å². The van der Waals surface area contributed by atoms with Gasteiger partial charge < -0.3 is 14.6 Å². The number of rotatable bonds is 5. The molecule has 27 heavy (non-hydrogen) atoms. The number of aromatic nitrogens is 1. The Morgan fingerprint density at radius 3 is 2.85 bits per heavy atom. The molecular formula is C19H15Cl2N3O3. The summed E-state index contributed by atoms with van der Waals surface area (Å²) in [4.78, 5) is 22.1. The molecule has 1 amide bonds. The van der Waals surface area contributed by atoms with Crippen LogP contribution in [0.3, 0.4) is 0 Å². The Labute approximate surface area is 165 Å². The molecule has 138 valence electrons. The molecular weight excluding hydrogens is 389 g/mol. The van der Waals surface area contributed by atoms with Crippen LogP contribution in [0.2, 0.25) is 10.0 Å². The first-order valence-corrected chi connectivity index (χ1v) is 9.13. The van der Waals surface area contributed by atoms with Gasteiger partial charge in [0.15, 0.2) is 11.5 Å². The van der Waals surface area contributed by atoms with Crippen molar-refractivity contribution in [1.82, 2.24) is 10.3 Å². The summed E-state index contributed by atoms with van der Waals surface area (Å²) < 4.78 is 5.69. The zero-order chi connectivity index (χ0) is 18.8. The SMILES string of the molecule is O=C(NCc1ccc(Cl)c(Cl)c1)C1=NO[C@H](Cc2nc3ccccc3o2)C1. The van der Waals surface area contributed by atoms with E-state index >= 15 is 0 Å². The summed E-state index contributed by atoms with van der Waals surface area (Å²) in [6, 6.07) is 12.8. The van der Waals surface area contributed by atoms with E-state index in [0.29, 0.717) is 41.0 Å². The number of amides is 1. The highest BCUT2D eigenvalue weighted by Crippen LogP contribution is 2.23. The van der Waals surface area contributed by atoms with Crippen LogP contribution in [0.1, 0.15) is 17.9 Å². The van der Waals surface area contributed by atoms with E-state index in [1.807, 2.05) is 24.3 Å². The number of oxazole rings is 1. The molecule has 0 saturated carbocycles. The number of nitrogens with zero attached hydrogens (tertiary/aromatic N) is 2. The Kier molecular flexibility index (Phi) is 5.01. The van der Waals surface area contributed by atoms with Crippen LogP contribution in [-0.4, -0.2) is 22.7 Å². The Morgan fingerprint density at radius 2 is 2.04 bits per heavy atom. The molecule has 2 aromatic carbocycles. The van der Waals surface area contributed by atoms with Crippen LogP contribution < -0.4 is 5.32 Å². The van der Waals surface area contributed by atoms with Crippen molar-refractivity contribution in [2.24, 2.45) is 5.16 Å². The fourth-order valence-corrected chi connectivity index (χ4v) is 3.13. The number of halogens is 2. The highest BCUT2D eigenvalue weighted by molar-refractivity contribution is 6.42. The number of hydrogen-bond donors (Lipinski definition) is 1. The van der Waals surface area contributed by atoms with E-state index in [2.05, 4.69) is 15.5 Å². The van der Waals surface area contributed by atoms with Crippen LogP contribution in [0, 0.1) is 0 Å². The molecule has 6 nitrogen and oxygen atoms in total. The van der Waals surface area contributed by atoms with Gasteiger partial charge in [-0.3, -0.25) is 4.79 Å². The van der Waals surface area contributed by atoms with Crippen LogP contribution in [0.5, 0.6) is 0 Å². The van der Waals surface area contributed by atoms with Gasteiger partial charge in [0.1, 0.15) is 17.3 Å². The summed E-state index contributed by atoms with van der Waals surface area (Å²) in [5.74, 6) is 0.287. The number of benzene rings is 2. The van der Waals surface area contributed by atoms with Crippen LogP contribution in [-0.2, 0) is 22.6 Å². The lowest BCUT2D eigenvalue weighted by atomic mass is 10.1. The molecule has 1 N–H and O–H groups in total. The van der Waals surface area contributed by atoms with E-state index in [-0.39, 0.29) is 12.0 Å². The number of oxime groups is 1. The second-order valence-corrected chi connectivity index (χ2v) is 6.99. The van der Waals surface area contributed by atoms with Gasteiger partial charge in [0.2, 0.25) is 0 Å². The second-order valence-electron chi connectivity index (χ2n) is 6.18. The van der Waals surface area contributed by atoms with E-state index in [0.717, 1.165) is 16.7 Å². The third-order valence-electron chi connectivity index (χ3n) is 4.17. The number of carbonyl (C=O) groups excluding carboxylic acids is 1. The monoisotopic (exact) mass is 403 g/mol. The lowest BCUT2D eigenvalue weighted by molar-refractivity contribution is -0.115. The van der Waals surface area contributed by atoms with Crippen molar-refractivity contribution in [2.75, 3.05) is 0 Å². The zero-order valence-electron chi connectivity index (χ0n) is 14.1. The third-order valence-corrected chi connectivity index (χ3v) is 4.91. The van der Waals surface area contributed by atoms with Crippen molar-refractivity contribution in [2.45, 2.75) is 25.5 Å². The van der Waals surface area contributed by atoms with Gasteiger partial charge in [0, 0.05) is 13.0 Å². The highest BCUT2D eigenvalue weighted by Gasteiger charge is 2.27. The molecule has 1 aliphatic heterocycles. The van der Waals surface area contributed by atoms with Crippen LogP contribution in [0.4, 0.5) is 0 Å². The Hall–Kier alpha value is -2.57. The minimum absolute atomic E-state index is 0.274. The van der Waals surface area contributed by atoms with Crippen LogP contribution in [0.15, 0.2) is 52.0 Å². The van der Waals surface area contributed by atoms with E-state index in [9.17, 15) is 4.79 Å². The molecule has 0 unspecified atom stereocenters. The largest absolute Gasteiger partial charge is 0.441 e. The molecule has 1 aromatic heterocycles. The molecule has 2 heterocycles. The molecule has 0 saturated heterocycles. The van der Waals surface area contributed by atoms with Crippen molar-refractivity contribution >= 4 is 45.9 Å². The summed E-state index contributed by atoms with van der Waals surface area (Å²) in [6.07, 6.45) is 0.567. The average molecular weight is 404 g/mol. The van der Waals surface area contributed by atoms with Gasteiger partial charge in [-0.05, 0) is 29.8 Å². The maximum absolute atomic E-state index is 12.3. The number of fused-ring (bicyclic) bond motifs is 1. The molecule has 4 rings (SSSR count). The first-order valence-electron chi connectivity index (χ1n) is 8.38. The standard InChI is InChI=1S/C19H15Cl2N3O3/c20-13-6-5-11(7-14(13)21)10-22-19(25)16-8-12(27-24-16)9-18-23-15-3-1-2-4-17(15)26-18/h1-7,12H,8-10H2,(H,22,25)/t12-/m0/s1. The van der Waals surface area contributed by atoms with Gasteiger partial charge in [-0.25, -0.2) is 4.98 Å². The van der Waals surface area contributed by atoms with Gasteiger partial charge in [0.25, 0.3) is 5.91 Å². The summed E-state index contributed by atoms with van der Waals surface area (Å²) in [5.41, 5.74) is 2.72. The van der Waals surface area contributed by atoms with Gasteiger partial charge in [-0.1, -0.05) is 46.6 Å². The Morgan fingerprint density at radius 1 is 1.19 bits per heavy atom. The van der Waals surface area contributed by atoms with Crippen molar-refractivity contribution in [3.63, 3.8) is 0 Å². The van der Waals surface area contributed by atoms with E-state index in [1.54, 1.807) is 18.2 Å². The lowest BCUT2D eigenvalue weighted by Gasteiger charge is -2.06. The molecule has 1 aliphatic rings. The predicted octanol–water partition coefficient (Wildman–Crippen LogP) is 4.14. The maximum Gasteiger partial charge on any atom is 0.269 e. The number of nitrogens with one attached hydrogen (secondary N) is 1. The molecule has 3 aromatic rings. The smallest absolute Gasteiger partial charge is 0.269 e. The molecule has 0 bridgehead atoms. The molecule has 0 aliphatic carbocycles. The first kappa shape index (κ1) is 17.8. The van der Waals surface area contributed by atoms with E-state index in [4.69, 9.17) is 32.5 Å². The Bertz CT molecular complexity index is 999. The summed E-state index contributed by atoms with van der Waals surface area (Å²) >= 11 is 11.9. The minimum Gasteiger partial charge on any atom is -0.441 e. The average Bonchev–Trinajstić information content (AvgIpc) is 3.29. The lowest BCUT2D eigenvalue weighted by Crippen LogP contribution is -2.30. The molecule has 8 heteroatoms. The molecule has 1 atom stereocenters. The van der Waals surface area contributed by atoms with Crippen molar-refractivity contribution < 1.29 is 14.0 Å². The van der Waals surface area contributed by atoms with Crippen LogP contribution >= 0.6 is 23.2 Å². The number of carbonyl (C=O) groups is 1. The van der Waals surface area contributed by atoms with Crippen molar-refractivity contribution in [3.05, 3.63) is 64.0 Å². The summed E-state index contributed by atoms with van der Waals surface area (Å²) in [5, 5.41) is 7.62. The normalized spacial score (nSPS) is 16.2. The topological polar surface area (TPSA) is 76.7 Å². The van der Waals surface area contributed by atoms with Crippen molar-refractivity contribution in [1.29, 1.82) is 0 Å². The summed E-state index contributed by atoms with van der Waals surface area (Å²) in [7, 11) is 0. The third kappa shape index (κ3) is 4.07. The fraction of sp³-hybridized carbons (Fsp3) is 0.211. The van der Waals surface area contributed by atoms with Gasteiger partial charge >= 0.3 is 0 Å². The zero-order valence-corrected chi connectivity index (χ0v) is 15.6. The molecule has 0 fully saturated rings. The quantitative estimate of drug-likeness (QED) is 0.694.